The van der Waals surface area contributed by atoms with Gasteiger partial charge >= 0.3 is 5.97 Å². The standard InChI is InChI=1S/C17H18N2O2/c20-17(21)14-5-4-13-6-9-19(12-15(13)11-14)10-7-16-3-1-2-8-18-16/h1-5,8,11H,6-7,9-10,12H2,(H,20,21). The molecule has 1 aromatic carbocycles. The number of benzene rings is 1. The molecule has 1 aromatic heterocycles. The number of aromatic nitrogens is 1. The van der Waals surface area contributed by atoms with Crippen molar-refractivity contribution in [3.63, 3.8) is 0 Å². The Labute approximate surface area is 124 Å². The smallest absolute Gasteiger partial charge is 0.335 e. The highest BCUT2D eigenvalue weighted by Crippen LogP contribution is 2.20. The highest BCUT2D eigenvalue weighted by atomic mass is 16.4. The molecular formula is C17H18N2O2. The molecule has 108 valence electrons. The van der Waals surface area contributed by atoms with Crippen LogP contribution in [-0.2, 0) is 19.4 Å². The second-order valence-electron chi connectivity index (χ2n) is 5.39. The van der Waals surface area contributed by atoms with E-state index in [1.807, 2.05) is 36.5 Å². The molecule has 3 rings (SSSR count). The van der Waals surface area contributed by atoms with Gasteiger partial charge in [0.2, 0.25) is 0 Å². The number of rotatable bonds is 4. The fraction of sp³-hybridized carbons (Fsp3) is 0.294. The summed E-state index contributed by atoms with van der Waals surface area (Å²) in [4.78, 5) is 17.8. The average Bonchev–Trinajstić information content (AvgIpc) is 2.53. The summed E-state index contributed by atoms with van der Waals surface area (Å²) in [7, 11) is 0. The van der Waals surface area contributed by atoms with Crippen LogP contribution in [0.25, 0.3) is 0 Å². The highest BCUT2D eigenvalue weighted by Gasteiger charge is 2.17. The zero-order valence-corrected chi connectivity index (χ0v) is 11.8. The normalized spacial score (nSPS) is 14.7. The van der Waals surface area contributed by atoms with Gasteiger partial charge in [-0.15, -0.1) is 0 Å². The van der Waals surface area contributed by atoms with Crippen molar-refractivity contribution in [2.75, 3.05) is 13.1 Å². The Kier molecular flexibility index (Phi) is 3.97. The predicted octanol–water partition coefficient (Wildman–Crippen LogP) is 2.38. The third-order valence-corrected chi connectivity index (χ3v) is 3.95. The molecule has 0 bridgehead atoms. The van der Waals surface area contributed by atoms with E-state index in [1.54, 1.807) is 6.07 Å². The van der Waals surface area contributed by atoms with Crippen molar-refractivity contribution in [1.82, 2.24) is 9.88 Å². The lowest BCUT2D eigenvalue weighted by molar-refractivity contribution is 0.0696. The lowest BCUT2D eigenvalue weighted by atomic mass is 9.97. The fourth-order valence-electron chi connectivity index (χ4n) is 2.76. The summed E-state index contributed by atoms with van der Waals surface area (Å²) in [5.41, 5.74) is 3.89. The average molecular weight is 282 g/mol. The van der Waals surface area contributed by atoms with Crippen molar-refractivity contribution in [2.45, 2.75) is 19.4 Å². The molecule has 0 saturated heterocycles. The van der Waals surface area contributed by atoms with Crippen LogP contribution in [0.4, 0.5) is 0 Å². The van der Waals surface area contributed by atoms with E-state index >= 15 is 0 Å². The van der Waals surface area contributed by atoms with Gasteiger partial charge in [0, 0.05) is 37.9 Å². The van der Waals surface area contributed by atoms with Crippen LogP contribution in [-0.4, -0.2) is 34.0 Å². The van der Waals surface area contributed by atoms with Gasteiger partial charge in [-0.3, -0.25) is 9.88 Å². The van der Waals surface area contributed by atoms with E-state index in [1.165, 1.54) is 5.56 Å². The van der Waals surface area contributed by atoms with Gasteiger partial charge in [-0.05, 0) is 41.8 Å². The molecule has 0 atom stereocenters. The molecule has 2 aromatic rings. The van der Waals surface area contributed by atoms with Crippen molar-refractivity contribution in [2.24, 2.45) is 0 Å². The highest BCUT2D eigenvalue weighted by molar-refractivity contribution is 5.87. The first kappa shape index (κ1) is 13.8. The van der Waals surface area contributed by atoms with E-state index < -0.39 is 5.97 Å². The van der Waals surface area contributed by atoms with Crippen LogP contribution in [0.15, 0.2) is 42.6 Å². The minimum absolute atomic E-state index is 0.375. The third-order valence-electron chi connectivity index (χ3n) is 3.95. The lowest BCUT2D eigenvalue weighted by Gasteiger charge is -2.28. The molecule has 0 amide bonds. The van der Waals surface area contributed by atoms with Crippen LogP contribution >= 0.6 is 0 Å². The van der Waals surface area contributed by atoms with Gasteiger partial charge < -0.3 is 5.11 Å². The zero-order chi connectivity index (χ0) is 14.7. The summed E-state index contributed by atoms with van der Waals surface area (Å²) < 4.78 is 0. The van der Waals surface area contributed by atoms with E-state index in [2.05, 4.69) is 9.88 Å². The fourth-order valence-corrected chi connectivity index (χ4v) is 2.76. The minimum Gasteiger partial charge on any atom is -0.478 e. The van der Waals surface area contributed by atoms with Crippen molar-refractivity contribution < 1.29 is 9.90 Å². The number of fused-ring (bicyclic) bond motifs is 1. The van der Waals surface area contributed by atoms with E-state index in [0.29, 0.717) is 5.56 Å². The van der Waals surface area contributed by atoms with Crippen molar-refractivity contribution in [3.8, 4) is 0 Å². The number of aromatic carboxylic acids is 1. The number of nitrogens with zero attached hydrogens (tertiary/aromatic N) is 2. The quantitative estimate of drug-likeness (QED) is 0.935. The largest absolute Gasteiger partial charge is 0.478 e. The summed E-state index contributed by atoms with van der Waals surface area (Å²) in [6, 6.07) is 11.4. The molecule has 0 unspecified atom stereocenters. The summed E-state index contributed by atoms with van der Waals surface area (Å²) >= 11 is 0. The maximum absolute atomic E-state index is 11.1. The number of hydrogen-bond donors (Lipinski definition) is 1. The zero-order valence-electron chi connectivity index (χ0n) is 11.8. The first-order valence-electron chi connectivity index (χ1n) is 7.20. The van der Waals surface area contributed by atoms with Gasteiger partial charge in [0.25, 0.3) is 0 Å². The second-order valence-corrected chi connectivity index (χ2v) is 5.39. The van der Waals surface area contributed by atoms with Gasteiger partial charge in [0.15, 0.2) is 0 Å². The number of pyridine rings is 1. The summed E-state index contributed by atoms with van der Waals surface area (Å²) in [5.74, 6) is -0.858. The Morgan fingerprint density at radius 2 is 2.14 bits per heavy atom. The Morgan fingerprint density at radius 1 is 1.24 bits per heavy atom. The van der Waals surface area contributed by atoms with E-state index in [4.69, 9.17) is 5.11 Å². The molecule has 0 fully saturated rings. The monoisotopic (exact) mass is 282 g/mol. The summed E-state index contributed by atoms with van der Waals surface area (Å²) in [5, 5.41) is 9.08. The SMILES string of the molecule is O=C(O)c1ccc2c(c1)CN(CCc1ccccn1)CC2. The van der Waals surface area contributed by atoms with E-state index in [0.717, 1.165) is 43.7 Å². The van der Waals surface area contributed by atoms with Crippen LogP contribution in [0.3, 0.4) is 0 Å². The predicted molar refractivity (Wildman–Crippen MR) is 80.3 cm³/mol. The van der Waals surface area contributed by atoms with Gasteiger partial charge in [-0.2, -0.15) is 0 Å². The van der Waals surface area contributed by atoms with Gasteiger partial charge in [-0.25, -0.2) is 4.79 Å². The van der Waals surface area contributed by atoms with Crippen LogP contribution in [0, 0.1) is 0 Å². The second kappa shape index (κ2) is 6.06. The molecule has 4 heteroatoms. The van der Waals surface area contributed by atoms with Gasteiger partial charge in [-0.1, -0.05) is 12.1 Å². The molecule has 1 aliphatic heterocycles. The molecule has 2 heterocycles. The third kappa shape index (κ3) is 3.28. The van der Waals surface area contributed by atoms with Crippen LogP contribution in [0.1, 0.15) is 27.2 Å². The Hall–Kier alpha value is -2.20. The van der Waals surface area contributed by atoms with E-state index in [9.17, 15) is 4.79 Å². The summed E-state index contributed by atoms with van der Waals surface area (Å²) in [6.45, 7) is 2.79. The summed E-state index contributed by atoms with van der Waals surface area (Å²) in [6.07, 6.45) is 3.73. The molecule has 1 aliphatic rings. The van der Waals surface area contributed by atoms with Crippen molar-refractivity contribution >= 4 is 5.97 Å². The molecule has 0 radical (unpaired) electrons. The van der Waals surface area contributed by atoms with Crippen LogP contribution in [0.5, 0.6) is 0 Å². The number of carboxylic acid groups (broad SMARTS) is 1. The molecule has 0 aliphatic carbocycles. The molecule has 0 spiro atoms. The number of carboxylic acids is 1. The lowest BCUT2D eigenvalue weighted by Crippen LogP contribution is -2.32. The molecule has 1 N–H and O–H groups in total. The first-order valence-corrected chi connectivity index (χ1v) is 7.20. The number of hydrogen-bond acceptors (Lipinski definition) is 3. The Morgan fingerprint density at radius 3 is 2.90 bits per heavy atom. The molecule has 21 heavy (non-hydrogen) atoms. The Balaban J connectivity index is 1.66. The molecule has 4 nitrogen and oxygen atoms in total. The first-order chi connectivity index (χ1) is 10.2. The van der Waals surface area contributed by atoms with Crippen molar-refractivity contribution in [3.05, 3.63) is 65.0 Å². The maximum atomic E-state index is 11.1. The van der Waals surface area contributed by atoms with Crippen LogP contribution in [0.2, 0.25) is 0 Å². The van der Waals surface area contributed by atoms with Gasteiger partial charge in [0.1, 0.15) is 0 Å². The topological polar surface area (TPSA) is 53.4 Å². The Bertz CT molecular complexity index is 640. The van der Waals surface area contributed by atoms with Gasteiger partial charge in [0.05, 0.1) is 5.56 Å². The maximum Gasteiger partial charge on any atom is 0.335 e. The number of carbonyl (C=O) groups is 1. The minimum atomic E-state index is -0.858. The van der Waals surface area contributed by atoms with Crippen LogP contribution < -0.4 is 0 Å². The van der Waals surface area contributed by atoms with E-state index in [-0.39, 0.29) is 0 Å². The molecule has 0 saturated carbocycles. The molecular weight excluding hydrogens is 264 g/mol. The van der Waals surface area contributed by atoms with Crippen molar-refractivity contribution in [1.29, 1.82) is 0 Å².